The zero-order valence-corrected chi connectivity index (χ0v) is 14.5. The molecule has 0 fully saturated rings. The van der Waals surface area contributed by atoms with Crippen LogP contribution in [0.2, 0.25) is 0 Å². The first-order chi connectivity index (χ1) is 11.2. The third-order valence-electron chi connectivity index (χ3n) is 4.01. The number of nitrogens with zero attached hydrogens (tertiary/aromatic N) is 3. The van der Waals surface area contributed by atoms with E-state index in [2.05, 4.69) is 41.0 Å². The molecule has 0 radical (unpaired) electrons. The summed E-state index contributed by atoms with van der Waals surface area (Å²) in [6.07, 6.45) is 5.77. The minimum absolute atomic E-state index is 0.256. The Morgan fingerprint density at radius 1 is 1.17 bits per heavy atom. The van der Waals surface area contributed by atoms with Gasteiger partial charge >= 0.3 is 0 Å². The van der Waals surface area contributed by atoms with Gasteiger partial charge in [-0.3, -0.25) is 4.90 Å². The highest BCUT2D eigenvalue weighted by Gasteiger charge is 2.17. The fourth-order valence-electron chi connectivity index (χ4n) is 2.53. The first kappa shape index (κ1) is 16.1. The van der Waals surface area contributed by atoms with Crippen LogP contribution in [0.15, 0.2) is 35.7 Å². The molecule has 0 N–H and O–H groups in total. The van der Waals surface area contributed by atoms with Crippen molar-refractivity contribution in [3.63, 3.8) is 0 Å². The van der Waals surface area contributed by atoms with E-state index in [0.717, 1.165) is 28.8 Å². The monoisotopic (exact) mass is 331 g/mol. The lowest BCUT2D eigenvalue weighted by Gasteiger charge is -2.26. The highest BCUT2D eigenvalue weighted by Crippen LogP contribution is 2.33. The number of aromatic nitrogens is 2. The van der Waals surface area contributed by atoms with Gasteiger partial charge in [0.1, 0.15) is 13.2 Å². The van der Waals surface area contributed by atoms with Crippen molar-refractivity contribution in [2.24, 2.45) is 0 Å². The summed E-state index contributed by atoms with van der Waals surface area (Å²) in [5.74, 6) is 1.66. The molecule has 1 atom stereocenters. The summed E-state index contributed by atoms with van der Waals surface area (Å²) in [7, 11) is 2.10. The maximum atomic E-state index is 5.67. The molecule has 0 amide bonds. The van der Waals surface area contributed by atoms with Crippen molar-refractivity contribution in [1.82, 2.24) is 14.9 Å². The third kappa shape index (κ3) is 3.76. The number of thioether (sulfide) groups is 1. The Bertz CT molecular complexity index is 663. The molecule has 23 heavy (non-hydrogen) atoms. The number of benzene rings is 1. The van der Waals surface area contributed by atoms with Crippen LogP contribution in [0.1, 0.15) is 24.1 Å². The first-order valence-corrected chi connectivity index (χ1v) is 8.84. The molecule has 1 aromatic heterocycles. The molecule has 2 heterocycles. The van der Waals surface area contributed by atoms with Crippen molar-refractivity contribution in [2.75, 3.05) is 26.5 Å². The minimum Gasteiger partial charge on any atom is -0.486 e. The SMILES string of the molecule is CSc1ncc(CN(C)[C@H](C)c2ccc3c(c2)OCCO3)cn1. The Labute approximate surface area is 141 Å². The summed E-state index contributed by atoms with van der Waals surface area (Å²) in [6, 6.07) is 6.42. The number of rotatable bonds is 5. The van der Waals surface area contributed by atoms with Gasteiger partial charge in [0.2, 0.25) is 0 Å². The lowest BCUT2D eigenvalue weighted by Crippen LogP contribution is -2.22. The van der Waals surface area contributed by atoms with Crippen molar-refractivity contribution in [3.05, 3.63) is 41.7 Å². The first-order valence-electron chi connectivity index (χ1n) is 7.62. The molecule has 0 spiro atoms. The molecule has 3 rings (SSSR count). The topological polar surface area (TPSA) is 47.5 Å². The van der Waals surface area contributed by atoms with Crippen molar-refractivity contribution >= 4 is 11.8 Å². The van der Waals surface area contributed by atoms with E-state index >= 15 is 0 Å². The van der Waals surface area contributed by atoms with Gasteiger partial charge in [0, 0.05) is 30.5 Å². The molecule has 122 valence electrons. The number of hydrogen-bond acceptors (Lipinski definition) is 6. The maximum Gasteiger partial charge on any atom is 0.187 e. The lowest BCUT2D eigenvalue weighted by molar-refractivity contribution is 0.170. The Balaban J connectivity index is 1.69. The summed E-state index contributed by atoms with van der Waals surface area (Å²) in [5, 5.41) is 0.802. The summed E-state index contributed by atoms with van der Waals surface area (Å²) >= 11 is 1.55. The van der Waals surface area contributed by atoms with Crippen LogP contribution in [-0.4, -0.2) is 41.4 Å². The summed E-state index contributed by atoms with van der Waals surface area (Å²) in [6.45, 7) is 4.21. The highest BCUT2D eigenvalue weighted by molar-refractivity contribution is 7.98. The largest absolute Gasteiger partial charge is 0.486 e. The average molecular weight is 331 g/mol. The quantitative estimate of drug-likeness (QED) is 0.619. The second kappa shape index (κ2) is 7.19. The Hall–Kier alpha value is -1.79. The summed E-state index contributed by atoms with van der Waals surface area (Å²) < 4.78 is 11.3. The van der Waals surface area contributed by atoms with E-state index in [9.17, 15) is 0 Å². The van der Waals surface area contributed by atoms with Crippen LogP contribution < -0.4 is 9.47 Å². The van der Waals surface area contributed by atoms with E-state index < -0.39 is 0 Å². The zero-order chi connectivity index (χ0) is 16.2. The molecule has 0 bridgehead atoms. The lowest BCUT2D eigenvalue weighted by atomic mass is 10.1. The van der Waals surface area contributed by atoms with E-state index in [-0.39, 0.29) is 6.04 Å². The third-order valence-corrected chi connectivity index (χ3v) is 4.58. The van der Waals surface area contributed by atoms with Gasteiger partial charge in [-0.05, 0) is 37.9 Å². The van der Waals surface area contributed by atoms with E-state index in [0.29, 0.717) is 13.2 Å². The van der Waals surface area contributed by atoms with Crippen LogP contribution in [0.3, 0.4) is 0 Å². The smallest absolute Gasteiger partial charge is 0.187 e. The van der Waals surface area contributed by atoms with E-state index in [1.807, 2.05) is 24.7 Å². The van der Waals surface area contributed by atoms with Gasteiger partial charge in [-0.1, -0.05) is 17.8 Å². The van der Waals surface area contributed by atoms with E-state index in [1.54, 1.807) is 11.8 Å². The van der Waals surface area contributed by atoms with Crippen LogP contribution in [0.25, 0.3) is 0 Å². The van der Waals surface area contributed by atoms with Crippen molar-refractivity contribution < 1.29 is 9.47 Å². The van der Waals surface area contributed by atoms with Gasteiger partial charge in [0.15, 0.2) is 16.7 Å². The van der Waals surface area contributed by atoms with Gasteiger partial charge in [0.05, 0.1) is 0 Å². The molecule has 1 aliphatic rings. The Morgan fingerprint density at radius 3 is 2.57 bits per heavy atom. The van der Waals surface area contributed by atoms with Crippen molar-refractivity contribution in [1.29, 1.82) is 0 Å². The standard InChI is InChI=1S/C17H21N3O2S/c1-12(14-4-5-15-16(8-14)22-7-6-21-15)20(2)11-13-9-18-17(23-3)19-10-13/h4-5,8-10,12H,6-7,11H2,1-3H3/t12-/m1/s1. The number of fused-ring (bicyclic) bond motifs is 1. The molecule has 0 saturated carbocycles. The van der Waals surface area contributed by atoms with Crippen LogP contribution in [0.5, 0.6) is 11.5 Å². The van der Waals surface area contributed by atoms with Crippen LogP contribution in [-0.2, 0) is 6.54 Å². The van der Waals surface area contributed by atoms with Crippen molar-refractivity contribution in [3.8, 4) is 11.5 Å². The minimum atomic E-state index is 0.256. The molecule has 1 aromatic carbocycles. The van der Waals surface area contributed by atoms with Gasteiger partial charge in [-0.2, -0.15) is 0 Å². The molecule has 6 heteroatoms. The van der Waals surface area contributed by atoms with E-state index in [1.165, 1.54) is 5.56 Å². The molecular weight excluding hydrogens is 310 g/mol. The Kier molecular flexibility index (Phi) is 5.03. The molecule has 1 aliphatic heterocycles. The predicted octanol–water partition coefficient (Wildman–Crippen LogP) is 3.16. The average Bonchev–Trinajstić information content (AvgIpc) is 2.61. The number of ether oxygens (including phenoxy) is 2. The molecule has 2 aromatic rings. The Morgan fingerprint density at radius 2 is 1.87 bits per heavy atom. The van der Waals surface area contributed by atoms with Crippen LogP contribution >= 0.6 is 11.8 Å². The maximum absolute atomic E-state index is 5.67. The van der Waals surface area contributed by atoms with Crippen LogP contribution in [0.4, 0.5) is 0 Å². The molecule has 5 nitrogen and oxygen atoms in total. The van der Waals surface area contributed by atoms with Gasteiger partial charge in [-0.15, -0.1) is 0 Å². The highest BCUT2D eigenvalue weighted by atomic mass is 32.2. The second-order valence-corrected chi connectivity index (χ2v) is 6.35. The molecule has 0 saturated heterocycles. The normalized spacial score (nSPS) is 14.8. The fraction of sp³-hybridized carbons (Fsp3) is 0.412. The second-order valence-electron chi connectivity index (χ2n) is 5.57. The summed E-state index contributed by atoms with van der Waals surface area (Å²) in [5.41, 5.74) is 2.31. The molecule has 0 aliphatic carbocycles. The predicted molar refractivity (Wildman–Crippen MR) is 91.1 cm³/mol. The molecular formula is C17H21N3O2S. The summed E-state index contributed by atoms with van der Waals surface area (Å²) in [4.78, 5) is 10.9. The van der Waals surface area contributed by atoms with E-state index in [4.69, 9.17) is 9.47 Å². The van der Waals surface area contributed by atoms with Gasteiger partial charge in [0.25, 0.3) is 0 Å². The zero-order valence-electron chi connectivity index (χ0n) is 13.7. The number of hydrogen-bond donors (Lipinski definition) is 0. The van der Waals surface area contributed by atoms with Crippen molar-refractivity contribution in [2.45, 2.75) is 24.7 Å². The fourth-order valence-corrected chi connectivity index (χ4v) is 2.85. The molecule has 0 unspecified atom stereocenters. The van der Waals surface area contributed by atoms with Gasteiger partial charge < -0.3 is 9.47 Å². The van der Waals surface area contributed by atoms with Gasteiger partial charge in [-0.25, -0.2) is 9.97 Å². The van der Waals surface area contributed by atoms with Crippen LogP contribution in [0, 0.1) is 0 Å².